The lowest BCUT2D eigenvalue weighted by atomic mass is 9.96. The Kier molecular flexibility index (Phi) is 5.25. The maximum Gasteiger partial charge on any atom is 0.256 e. The minimum absolute atomic E-state index is 0.0544. The summed E-state index contributed by atoms with van der Waals surface area (Å²) in [6, 6.07) is 5.26. The average molecular weight is 328 g/mol. The zero-order valence-electron chi connectivity index (χ0n) is 14.1. The number of likely N-dealkylation sites (tertiary alicyclic amines) is 1. The minimum Gasteiger partial charge on any atom is -0.314 e. The molecule has 0 unspecified atom stereocenters. The molecule has 0 N–H and O–H groups in total. The first-order valence-electron chi connectivity index (χ1n) is 8.52. The molecule has 0 aliphatic carbocycles. The lowest BCUT2D eigenvalue weighted by Crippen LogP contribution is -2.39. The van der Waals surface area contributed by atoms with Crippen molar-refractivity contribution >= 4 is 0 Å². The van der Waals surface area contributed by atoms with Gasteiger partial charge < -0.3 is 9.47 Å². The van der Waals surface area contributed by atoms with Gasteiger partial charge in [0.1, 0.15) is 0 Å². The first kappa shape index (κ1) is 16.6. The standard InChI is InChI=1S/C18H24N4O2/c1-15-12-19-14-22(18(15)24)13-16-5-8-20(9-6-16)10-11-21-7-3-2-4-17(21)23/h2-4,7,12,14,16H,5-6,8-11,13H2,1H3. The van der Waals surface area contributed by atoms with Gasteiger partial charge in [-0.15, -0.1) is 0 Å². The van der Waals surface area contributed by atoms with Crippen molar-refractivity contribution in [2.24, 2.45) is 5.92 Å². The molecule has 1 fully saturated rings. The molecule has 1 aliphatic heterocycles. The van der Waals surface area contributed by atoms with Gasteiger partial charge in [-0.3, -0.25) is 14.2 Å². The van der Waals surface area contributed by atoms with Crippen LogP contribution in [-0.2, 0) is 13.1 Å². The molecule has 128 valence electrons. The molecule has 0 radical (unpaired) electrons. The van der Waals surface area contributed by atoms with Crippen molar-refractivity contribution in [3.63, 3.8) is 0 Å². The van der Waals surface area contributed by atoms with E-state index in [0.29, 0.717) is 11.5 Å². The Morgan fingerprint density at radius 2 is 1.92 bits per heavy atom. The van der Waals surface area contributed by atoms with Crippen LogP contribution in [0.5, 0.6) is 0 Å². The predicted molar refractivity (Wildman–Crippen MR) is 93.1 cm³/mol. The number of rotatable bonds is 5. The van der Waals surface area contributed by atoms with E-state index in [-0.39, 0.29) is 11.1 Å². The van der Waals surface area contributed by atoms with Crippen LogP contribution in [0.1, 0.15) is 18.4 Å². The molecule has 3 rings (SSSR count). The number of nitrogens with zero attached hydrogens (tertiary/aromatic N) is 4. The quantitative estimate of drug-likeness (QED) is 0.825. The average Bonchev–Trinajstić information content (AvgIpc) is 2.59. The SMILES string of the molecule is Cc1cncn(CC2CCN(CCn3ccccc3=O)CC2)c1=O. The van der Waals surface area contributed by atoms with Gasteiger partial charge in [0.25, 0.3) is 11.1 Å². The van der Waals surface area contributed by atoms with Crippen LogP contribution in [0.3, 0.4) is 0 Å². The summed E-state index contributed by atoms with van der Waals surface area (Å²) in [6.45, 7) is 6.20. The molecule has 6 nitrogen and oxygen atoms in total. The molecule has 1 aliphatic rings. The van der Waals surface area contributed by atoms with Crippen molar-refractivity contribution in [3.05, 3.63) is 63.2 Å². The molecule has 3 heterocycles. The van der Waals surface area contributed by atoms with Crippen molar-refractivity contribution in [1.82, 2.24) is 19.0 Å². The summed E-state index contributed by atoms with van der Waals surface area (Å²) in [4.78, 5) is 30.3. The molecule has 0 saturated carbocycles. The number of piperidine rings is 1. The summed E-state index contributed by atoms with van der Waals surface area (Å²) < 4.78 is 3.49. The fourth-order valence-electron chi connectivity index (χ4n) is 3.26. The maximum absolute atomic E-state index is 12.1. The van der Waals surface area contributed by atoms with Gasteiger partial charge in [-0.25, -0.2) is 4.98 Å². The van der Waals surface area contributed by atoms with Crippen LogP contribution in [0.4, 0.5) is 0 Å². The first-order valence-corrected chi connectivity index (χ1v) is 8.52. The van der Waals surface area contributed by atoms with Gasteiger partial charge in [-0.1, -0.05) is 6.07 Å². The number of hydrogen-bond donors (Lipinski definition) is 0. The minimum atomic E-state index is 0.0544. The molecule has 24 heavy (non-hydrogen) atoms. The number of aryl methyl sites for hydroxylation is 1. The lowest BCUT2D eigenvalue weighted by Gasteiger charge is -2.32. The second kappa shape index (κ2) is 7.57. The van der Waals surface area contributed by atoms with E-state index in [1.807, 2.05) is 12.3 Å². The van der Waals surface area contributed by atoms with E-state index >= 15 is 0 Å². The molecule has 0 bridgehead atoms. The first-order chi connectivity index (χ1) is 11.6. The predicted octanol–water partition coefficient (Wildman–Crippen LogP) is 1.13. The Balaban J connectivity index is 1.49. The highest BCUT2D eigenvalue weighted by Crippen LogP contribution is 2.18. The molecular formula is C18H24N4O2. The zero-order valence-corrected chi connectivity index (χ0v) is 14.1. The van der Waals surface area contributed by atoms with Gasteiger partial charge >= 0.3 is 0 Å². The van der Waals surface area contributed by atoms with Crippen LogP contribution in [0.25, 0.3) is 0 Å². The smallest absolute Gasteiger partial charge is 0.256 e. The van der Waals surface area contributed by atoms with Crippen molar-refractivity contribution in [3.8, 4) is 0 Å². The fourth-order valence-corrected chi connectivity index (χ4v) is 3.26. The molecule has 6 heteroatoms. The van der Waals surface area contributed by atoms with E-state index < -0.39 is 0 Å². The second-order valence-corrected chi connectivity index (χ2v) is 6.55. The summed E-state index contributed by atoms with van der Waals surface area (Å²) in [5, 5.41) is 0. The van der Waals surface area contributed by atoms with Gasteiger partial charge in [0.15, 0.2) is 0 Å². The van der Waals surface area contributed by atoms with Gasteiger partial charge in [-0.05, 0) is 44.8 Å². The molecule has 0 atom stereocenters. The van der Waals surface area contributed by atoms with Crippen molar-refractivity contribution < 1.29 is 0 Å². The maximum atomic E-state index is 12.1. The third kappa shape index (κ3) is 4.00. The Morgan fingerprint density at radius 3 is 2.67 bits per heavy atom. The summed E-state index contributed by atoms with van der Waals surface area (Å²) in [6.07, 6.45) is 7.25. The molecule has 0 spiro atoms. The van der Waals surface area contributed by atoms with Crippen LogP contribution in [0.2, 0.25) is 0 Å². The summed E-state index contributed by atoms with van der Waals surface area (Å²) in [5.41, 5.74) is 0.817. The van der Waals surface area contributed by atoms with Gasteiger partial charge in [0, 0.05) is 43.7 Å². The molecule has 2 aromatic heterocycles. The number of pyridine rings is 1. The van der Waals surface area contributed by atoms with Crippen LogP contribution in [-0.4, -0.2) is 38.7 Å². The van der Waals surface area contributed by atoms with E-state index in [9.17, 15) is 9.59 Å². The van der Waals surface area contributed by atoms with Crippen LogP contribution in [0.15, 0.2) is 46.5 Å². The van der Waals surface area contributed by atoms with E-state index in [0.717, 1.165) is 45.6 Å². The number of hydrogen-bond acceptors (Lipinski definition) is 4. The second-order valence-electron chi connectivity index (χ2n) is 6.55. The summed E-state index contributed by atoms with van der Waals surface area (Å²) in [5.74, 6) is 0.516. The third-order valence-corrected chi connectivity index (χ3v) is 4.79. The van der Waals surface area contributed by atoms with Gasteiger partial charge in [-0.2, -0.15) is 0 Å². The molecule has 2 aromatic rings. The zero-order chi connectivity index (χ0) is 16.9. The van der Waals surface area contributed by atoms with E-state index in [4.69, 9.17) is 0 Å². The highest BCUT2D eigenvalue weighted by atomic mass is 16.1. The Labute approximate surface area is 141 Å². The third-order valence-electron chi connectivity index (χ3n) is 4.79. The molecule has 1 saturated heterocycles. The largest absolute Gasteiger partial charge is 0.314 e. The van der Waals surface area contributed by atoms with Crippen LogP contribution < -0.4 is 11.1 Å². The lowest BCUT2D eigenvalue weighted by molar-refractivity contribution is 0.167. The van der Waals surface area contributed by atoms with E-state index in [2.05, 4.69) is 9.88 Å². The van der Waals surface area contributed by atoms with E-state index in [1.54, 1.807) is 40.7 Å². The van der Waals surface area contributed by atoms with Crippen LogP contribution in [0, 0.1) is 12.8 Å². The van der Waals surface area contributed by atoms with Crippen molar-refractivity contribution in [2.75, 3.05) is 19.6 Å². The summed E-state index contributed by atoms with van der Waals surface area (Å²) in [7, 11) is 0. The highest BCUT2D eigenvalue weighted by molar-refractivity contribution is 5.00. The Hall–Kier alpha value is -2.21. The Morgan fingerprint density at radius 1 is 1.12 bits per heavy atom. The van der Waals surface area contributed by atoms with Gasteiger partial charge in [0.05, 0.1) is 6.33 Å². The van der Waals surface area contributed by atoms with Gasteiger partial charge in [0.2, 0.25) is 0 Å². The number of aromatic nitrogens is 3. The molecule has 0 amide bonds. The van der Waals surface area contributed by atoms with Crippen LogP contribution >= 0.6 is 0 Å². The van der Waals surface area contributed by atoms with Crippen molar-refractivity contribution in [1.29, 1.82) is 0 Å². The molecule has 0 aromatic carbocycles. The normalized spacial score (nSPS) is 16.4. The Bertz CT molecular complexity index is 788. The topological polar surface area (TPSA) is 60.1 Å². The fraction of sp³-hybridized carbons (Fsp3) is 0.500. The summed E-state index contributed by atoms with van der Waals surface area (Å²) >= 11 is 0. The molecular weight excluding hydrogens is 304 g/mol. The monoisotopic (exact) mass is 328 g/mol. The van der Waals surface area contributed by atoms with E-state index in [1.165, 1.54) is 0 Å². The van der Waals surface area contributed by atoms with Crippen molar-refractivity contribution in [2.45, 2.75) is 32.9 Å². The highest BCUT2D eigenvalue weighted by Gasteiger charge is 2.20.